The van der Waals surface area contributed by atoms with Crippen LogP contribution in [0, 0.1) is 6.92 Å². The molecule has 0 bridgehead atoms. The second kappa shape index (κ2) is 10.3. The molecule has 1 atom stereocenters. The fourth-order valence-electron chi connectivity index (χ4n) is 4.79. The molecule has 8 nitrogen and oxygen atoms in total. The number of nitrogens with one attached hydrogen (secondary N) is 3. The number of piperazine rings is 1. The Hall–Kier alpha value is -3.33. The number of aromatic amines is 2. The SMILES string of the molecule is CCN1CCN(c2cc(C)c3nc(-c4c(NC[C@@H](O)c5cccc(Cl)c5)cc[nH]c4=O)[nH]c3c2)CC1. The number of hydrogen-bond acceptors (Lipinski definition) is 6. The molecule has 0 spiro atoms. The second-order valence-corrected chi connectivity index (χ2v) is 9.65. The second-order valence-electron chi connectivity index (χ2n) is 9.21. The first kappa shape index (κ1) is 24.4. The summed E-state index contributed by atoms with van der Waals surface area (Å²) >= 11 is 6.06. The van der Waals surface area contributed by atoms with Crippen molar-refractivity contribution in [2.24, 2.45) is 0 Å². The number of benzene rings is 2. The Bertz CT molecular complexity index is 1420. The highest BCUT2D eigenvalue weighted by atomic mass is 35.5. The number of aliphatic hydroxyl groups is 1. The third-order valence-electron chi connectivity index (χ3n) is 6.86. The lowest BCUT2D eigenvalue weighted by molar-refractivity contribution is 0.191. The van der Waals surface area contributed by atoms with Gasteiger partial charge >= 0.3 is 0 Å². The minimum atomic E-state index is -0.788. The number of fused-ring (bicyclic) bond motifs is 1. The molecular formula is C27H31ClN6O2. The molecule has 5 rings (SSSR count). The Morgan fingerprint density at radius 2 is 1.97 bits per heavy atom. The standard InChI is InChI=1S/C27H31ClN6O2/c1-3-33-9-11-34(12-10-33)20-13-17(2)25-22(15-20)31-26(32-25)24-21(7-8-29-27(24)36)30-16-23(35)18-5-4-6-19(28)14-18/h4-8,13-15,23,35H,3,9-12,16H2,1-2H3,(H,31,32)(H2,29,30,36)/t23-/m1/s1. The molecule has 0 radical (unpaired) electrons. The fraction of sp³-hybridized carbons (Fsp3) is 0.333. The third kappa shape index (κ3) is 4.97. The Balaban J connectivity index is 1.42. The largest absolute Gasteiger partial charge is 0.387 e. The van der Waals surface area contributed by atoms with E-state index in [2.05, 4.69) is 51.1 Å². The number of nitrogens with zero attached hydrogens (tertiary/aromatic N) is 3. The van der Waals surface area contributed by atoms with Crippen molar-refractivity contribution in [3.05, 3.63) is 75.2 Å². The van der Waals surface area contributed by atoms with Crippen molar-refractivity contribution < 1.29 is 5.11 Å². The van der Waals surface area contributed by atoms with Crippen molar-refractivity contribution in [3.63, 3.8) is 0 Å². The van der Waals surface area contributed by atoms with Gasteiger partial charge in [0.15, 0.2) is 0 Å². The van der Waals surface area contributed by atoms with Crippen LogP contribution in [0.1, 0.15) is 24.2 Å². The number of rotatable bonds is 7. The van der Waals surface area contributed by atoms with Crippen LogP contribution in [-0.2, 0) is 0 Å². The van der Waals surface area contributed by atoms with Crippen LogP contribution < -0.4 is 15.8 Å². The Morgan fingerprint density at radius 1 is 1.17 bits per heavy atom. The molecule has 4 aromatic rings. The average Bonchev–Trinajstić information content (AvgIpc) is 3.31. The number of imidazole rings is 1. The molecule has 0 unspecified atom stereocenters. The van der Waals surface area contributed by atoms with Crippen LogP contribution in [0.4, 0.5) is 11.4 Å². The van der Waals surface area contributed by atoms with Crippen LogP contribution >= 0.6 is 11.6 Å². The Morgan fingerprint density at radius 3 is 2.72 bits per heavy atom. The number of hydrogen-bond donors (Lipinski definition) is 4. The van der Waals surface area contributed by atoms with Gasteiger partial charge in [-0.25, -0.2) is 4.98 Å². The molecule has 36 heavy (non-hydrogen) atoms. The summed E-state index contributed by atoms with van der Waals surface area (Å²) in [5.74, 6) is 0.489. The van der Waals surface area contributed by atoms with Gasteiger partial charge in [-0.15, -0.1) is 0 Å². The van der Waals surface area contributed by atoms with E-state index >= 15 is 0 Å². The number of anilines is 2. The Kier molecular flexibility index (Phi) is 7.00. The summed E-state index contributed by atoms with van der Waals surface area (Å²) in [5.41, 5.74) is 5.40. The maximum absolute atomic E-state index is 12.9. The fourth-order valence-corrected chi connectivity index (χ4v) is 4.99. The first-order valence-electron chi connectivity index (χ1n) is 12.3. The van der Waals surface area contributed by atoms with Crippen molar-refractivity contribution in [2.75, 3.05) is 49.5 Å². The Labute approximate surface area is 214 Å². The molecule has 0 aliphatic carbocycles. The zero-order valence-electron chi connectivity index (χ0n) is 20.5. The van der Waals surface area contributed by atoms with Gasteiger partial charge in [0.1, 0.15) is 11.4 Å². The number of aliphatic hydroxyl groups excluding tert-OH is 1. The number of halogens is 1. The van der Waals surface area contributed by atoms with E-state index in [0.29, 0.717) is 27.7 Å². The van der Waals surface area contributed by atoms with Crippen LogP contribution in [0.5, 0.6) is 0 Å². The predicted octanol–water partition coefficient (Wildman–Crippen LogP) is 4.17. The van der Waals surface area contributed by atoms with E-state index in [4.69, 9.17) is 16.6 Å². The summed E-state index contributed by atoms with van der Waals surface area (Å²) in [6.45, 7) is 9.62. The van der Waals surface area contributed by atoms with E-state index in [9.17, 15) is 9.90 Å². The summed E-state index contributed by atoms with van der Waals surface area (Å²) in [6.07, 6.45) is 0.798. The third-order valence-corrected chi connectivity index (χ3v) is 7.10. The van der Waals surface area contributed by atoms with E-state index in [1.807, 2.05) is 6.07 Å². The van der Waals surface area contributed by atoms with Crippen LogP contribution in [0.3, 0.4) is 0 Å². The molecule has 0 saturated carbocycles. The lowest BCUT2D eigenvalue weighted by Crippen LogP contribution is -2.46. The number of pyridine rings is 1. The summed E-state index contributed by atoms with van der Waals surface area (Å²) < 4.78 is 0. The van der Waals surface area contributed by atoms with Gasteiger partial charge in [0, 0.05) is 49.6 Å². The normalized spacial score (nSPS) is 15.4. The summed E-state index contributed by atoms with van der Waals surface area (Å²) in [5, 5.41) is 14.4. The van der Waals surface area contributed by atoms with Gasteiger partial charge in [0.05, 0.1) is 22.8 Å². The van der Waals surface area contributed by atoms with E-state index in [1.54, 1.807) is 30.5 Å². The van der Waals surface area contributed by atoms with E-state index in [1.165, 1.54) is 0 Å². The van der Waals surface area contributed by atoms with Gasteiger partial charge in [-0.2, -0.15) is 0 Å². The molecular weight excluding hydrogens is 476 g/mol. The highest BCUT2D eigenvalue weighted by Crippen LogP contribution is 2.30. The summed E-state index contributed by atoms with van der Waals surface area (Å²) in [6, 6.07) is 13.2. The predicted molar refractivity (Wildman–Crippen MR) is 146 cm³/mol. The van der Waals surface area contributed by atoms with Gasteiger partial charge in [-0.1, -0.05) is 30.7 Å². The molecule has 1 saturated heterocycles. The molecule has 1 aliphatic heterocycles. The molecule has 1 aliphatic rings. The van der Waals surface area contributed by atoms with Gasteiger partial charge < -0.3 is 30.2 Å². The van der Waals surface area contributed by atoms with Crippen molar-refractivity contribution in [2.45, 2.75) is 20.0 Å². The zero-order valence-corrected chi connectivity index (χ0v) is 21.3. The van der Waals surface area contributed by atoms with Crippen molar-refractivity contribution in [3.8, 4) is 11.4 Å². The van der Waals surface area contributed by atoms with Gasteiger partial charge in [0.25, 0.3) is 5.56 Å². The zero-order chi connectivity index (χ0) is 25.2. The molecule has 2 aromatic heterocycles. The van der Waals surface area contributed by atoms with Crippen LogP contribution in [-0.4, -0.2) is 64.2 Å². The van der Waals surface area contributed by atoms with Crippen LogP contribution in [0.2, 0.25) is 5.02 Å². The average molecular weight is 507 g/mol. The van der Waals surface area contributed by atoms with Crippen molar-refractivity contribution in [1.29, 1.82) is 0 Å². The molecule has 4 N–H and O–H groups in total. The highest BCUT2D eigenvalue weighted by molar-refractivity contribution is 6.30. The van der Waals surface area contributed by atoms with E-state index < -0.39 is 6.10 Å². The molecule has 1 fully saturated rings. The molecule has 0 amide bonds. The van der Waals surface area contributed by atoms with Gasteiger partial charge in [-0.3, -0.25) is 4.79 Å². The number of aromatic nitrogens is 3. The number of aryl methyl sites for hydroxylation is 1. The smallest absolute Gasteiger partial charge is 0.261 e. The molecule has 3 heterocycles. The topological polar surface area (TPSA) is 100 Å². The highest BCUT2D eigenvalue weighted by Gasteiger charge is 2.20. The van der Waals surface area contributed by atoms with Crippen LogP contribution in [0.25, 0.3) is 22.4 Å². The minimum absolute atomic E-state index is 0.212. The lowest BCUT2D eigenvalue weighted by Gasteiger charge is -2.35. The van der Waals surface area contributed by atoms with Gasteiger partial charge in [0.2, 0.25) is 0 Å². The van der Waals surface area contributed by atoms with E-state index in [-0.39, 0.29) is 12.1 Å². The number of H-pyrrole nitrogens is 2. The monoisotopic (exact) mass is 506 g/mol. The minimum Gasteiger partial charge on any atom is -0.387 e. The quantitative estimate of drug-likeness (QED) is 0.300. The summed E-state index contributed by atoms with van der Waals surface area (Å²) in [4.78, 5) is 28.7. The van der Waals surface area contributed by atoms with E-state index in [0.717, 1.165) is 55.0 Å². The summed E-state index contributed by atoms with van der Waals surface area (Å²) in [7, 11) is 0. The molecule has 188 valence electrons. The first-order chi connectivity index (χ1) is 17.4. The first-order valence-corrected chi connectivity index (χ1v) is 12.7. The van der Waals surface area contributed by atoms with Crippen LogP contribution in [0.15, 0.2) is 53.5 Å². The maximum Gasteiger partial charge on any atom is 0.261 e. The maximum atomic E-state index is 12.9. The van der Waals surface area contributed by atoms with Crippen molar-refractivity contribution in [1.82, 2.24) is 19.9 Å². The van der Waals surface area contributed by atoms with Gasteiger partial charge in [-0.05, 0) is 54.9 Å². The van der Waals surface area contributed by atoms with Crippen molar-refractivity contribution >= 4 is 34.0 Å². The molecule has 2 aromatic carbocycles. The molecule has 9 heteroatoms. The number of likely N-dealkylation sites (N-methyl/N-ethyl adjacent to an activating group) is 1. The lowest BCUT2D eigenvalue weighted by atomic mass is 10.1.